The molecular formula is C77H105BrN2O13Si2. The Bertz CT molecular complexity index is 3580. The van der Waals surface area contributed by atoms with Gasteiger partial charge in [0.25, 0.3) is 0 Å². The summed E-state index contributed by atoms with van der Waals surface area (Å²) < 4.78 is 51.9. The molecule has 8 rings (SSSR count). The first-order valence-electron chi connectivity index (χ1n) is 33.5. The second-order valence-electron chi connectivity index (χ2n) is 28.4. The minimum atomic E-state index is -1.93. The van der Waals surface area contributed by atoms with E-state index in [-0.39, 0.29) is 77.3 Å². The zero-order chi connectivity index (χ0) is 70.0. The first-order chi connectivity index (χ1) is 44.8. The number of aryl methyl sites for hydroxylation is 2. The van der Waals surface area contributed by atoms with Crippen LogP contribution in [0.3, 0.4) is 0 Å². The number of aromatic nitrogens is 2. The van der Waals surface area contributed by atoms with Crippen molar-refractivity contribution in [2.24, 2.45) is 11.8 Å². The van der Waals surface area contributed by atoms with Crippen molar-refractivity contribution in [3.8, 4) is 34.5 Å². The molecule has 4 aromatic carbocycles. The van der Waals surface area contributed by atoms with Crippen molar-refractivity contribution in [1.82, 2.24) is 9.97 Å². The van der Waals surface area contributed by atoms with Gasteiger partial charge in [-0.15, -0.1) is 0 Å². The van der Waals surface area contributed by atoms with Crippen LogP contribution in [0.1, 0.15) is 205 Å². The van der Waals surface area contributed by atoms with Crippen LogP contribution in [0, 0.1) is 11.8 Å². The van der Waals surface area contributed by atoms with E-state index < -0.39 is 22.6 Å². The van der Waals surface area contributed by atoms with Crippen LogP contribution in [-0.2, 0) is 48.9 Å². The highest BCUT2D eigenvalue weighted by Gasteiger charge is 2.39. The molecule has 0 spiro atoms. The fourth-order valence-corrected chi connectivity index (χ4v) is 13.4. The Hall–Kier alpha value is -6.71. The number of fused-ring (bicyclic) bond motifs is 2. The van der Waals surface area contributed by atoms with Crippen molar-refractivity contribution < 1.29 is 61.2 Å². The zero-order valence-corrected chi connectivity index (χ0v) is 63.6. The maximum Gasteiger partial charge on any atom is 0.356 e. The molecular weight excluding hydrogens is 1300 g/mol. The van der Waals surface area contributed by atoms with Gasteiger partial charge in [0.05, 0.1) is 21.3 Å². The van der Waals surface area contributed by atoms with Gasteiger partial charge < -0.3 is 42.0 Å². The minimum absolute atomic E-state index is 0.0218. The molecule has 4 heterocycles. The summed E-state index contributed by atoms with van der Waals surface area (Å²) in [4.78, 5) is 61.4. The molecule has 0 amide bonds. The number of rotatable bonds is 29. The SMILES string of the molecule is CCCCc1ccc(C(CC(C)=O)c2ccc3c(c2)OCO3)c(C(=O)OC)n1.CCCCc1ccc(C(CC(C)=O)c2ccc3c(c2)OCO3)c(C(=O)c2ccc(OC)cc2C[C@H](C)CO[Si](C)(C)C(C)(C)C)n1.COc1ccc(Br)c(C[C@H](C)CO[Si](C)(C)C(C)(C)C)c1. The summed E-state index contributed by atoms with van der Waals surface area (Å²) in [5, 5.41) is 0.381. The smallest absolute Gasteiger partial charge is 0.356 e. The Balaban J connectivity index is 0.000000247. The third kappa shape index (κ3) is 21.6. The van der Waals surface area contributed by atoms with Crippen LogP contribution < -0.4 is 28.4 Å². The van der Waals surface area contributed by atoms with Crippen LogP contribution in [0.5, 0.6) is 34.5 Å². The molecule has 0 bridgehead atoms. The summed E-state index contributed by atoms with van der Waals surface area (Å²) in [6, 6.07) is 30.9. The number of Topliss-reactive ketones (excluding diaryl/α,β-unsaturated/α-hetero) is 2. The fraction of sp³-hybridized carbons (Fsp3) is 0.506. The Labute approximate surface area is 576 Å². The van der Waals surface area contributed by atoms with Gasteiger partial charge in [-0.05, 0) is 207 Å². The van der Waals surface area contributed by atoms with Gasteiger partial charge in [-0.3, -0.25) is 14.4 Å². The molecule has 4 atom stereocenters. The van der Waals surface area contributed by atoms with Crippen LogP contribution in [0.4, 0.5) is 0 Å². The number of halogens is 1. The monoisotopic (exact) mass is 1400 g/mol. The normalized spacial score (nSPS) is 13.9. The summed E-state index contributed by atoms with van der Waals surface area (Å²) >= 11 is 3.62. The molecule has 15 nitrogen and oxygen atoms in total. The summed E-state index contributed by atoms with van der Waals surface area (Å²) in [5.74, 6) is 3.58. The predicted molar refractivity (Wildman–Crippen MR) is 386 cm³/mol. The molecule has 2 unspecified atom stereocenters. The van der Waals surface area contributed by atoms with Crippen molar-refractivity contribution in [3.63, 3.8) is 0 Å². The second-order valence-corrected chi connectivity index (χ2v) is 38.9. The van der Waals surface area contributed by atoms with Crippen LogP contribution in [0.2, 0.25) is 36.3 Å². The van der Waals surface area contributed by atoms with Gasteiger partial charge in [0.2, 0.25) is 19.4 Å². The van der Waals surface area contributed by atoms with E-state index in [2.05, 4.69) is 128 Å². The number of unbranched alkanes of at least 4 members (excludes halogenated alkanes) is 2. The number of benzene rings is 4. The van der Waals surface area contributed by atoms with E-state index in [1.807, 2.05) is 84.9 Å². The lowest BCUT2D eigenvalue weighted by Gasteiger charge is -2.37. The molecule has 2 aliphatic rings. The number of hydrogen-bond donors (Lipinski definition) is 0. The summed E-state index contributed by atoms with van der Waals surface area (Å²) in [6.07, 6.45) is 7.72. The average molecular weight is 1400 g/mol. The zero-order valence-electron chi connectivity index (χ0n) is 60.0. The topological polar surface area (TPSA) is 177 Å². The van der Waals surface area contributed by atoms with Gasteiger partial charge in [-0.2, -0.15) is 0 Å². The molecule has 0 saturated carbocycles. The number of ketones is 3. The molecule has 0 radical (unpaired) electrons. The number of nitrogens with zero attached hydrogens (tertiary/aromatic N) is 2. The minimum Gasteiger partial charge on any atom is -0.497 e. The summed E-state index contributed by atoms with van der Waals surface area (Å²) in [5.41, 5.74) is 8.29. The fourth-order valence-electron chi connectivity index (χ4n) is 10.7. The Morgan fingerprint density at radius 1 is 0.547 bits per heavy atom. The third-order valence-corrected chi connectivity index (χ3v) is 28.3. The van der Waals surface area contributed by atoms with Gasteiger partial charge in [0.1, 0.15) is 28.8 Å². The van der Waals surface area contributed by atoms with Crippen molar-refractivity contribution >= 4 is 55.9 Å². The van der Waals surface area contributed by atoms with E-state index in [0.29, 0.717) is 64.5 Å². The number of pyridine rings is 2. The molecule has 95 heavy (non-hydrogen) atoms. The molecule has 0 aliphatic carbocycles. The van der Waals surface area contributed by atoms with E-state index >= 15 is 0 Å². The van der Waals surface area contributed by atoms with Crippen LogP contribution in [-0.4, -0.2) is 98.1 Å². The Kier molecular flexibility index (Phi) is 28.5. The number of esters is 1. The van der Waals surface area contributed by atoms with Gasteiger partial charge >= 0.3 is 5.97 Å². The van der Waals surface area contributed by atoms with Crippen molar-refractivity contribution in [2.45, 2.75) is 195 Å². The maximum atomic E-state index is 14.7. The van der Waals surface area contributed by atoms with Gasteiger partial charge in [-0.25, -0.2) is 14.8 Å². The molecule has 516 valence electrons. The Morgan fingerprint density at radius 2 is 0.968 bits per heavy atom. The molecule has 2 aromatic heterocycles. The molecule has 0 fully saturated rings. The van der Waals surface area contributed by atoms with Crippen LogP contribution in [0.15, 0.2) is 102 Å². The lowest BCUT2D eigenvalue weighted by Crippen LogP contribution is -2.41. The quantitative estimate of drug-likeness (QED) is 0.0246. The molecule has 2 aliphatic heterocycles. The highest BCUT2D eigenvalue weighted by molar-refractivity contribution is 9.10. The standard InChI is InChI=1S/C38H51NO6Si.C22H25NO5.C17H29BrO2Si/c1-10-11-12-29-14-16-32(33(20-26(3)40)27-13-18-34-35(22-27)44-24-43-34)36(39-29)37(41)31-17-15-30(42-7)21-28(31)19-25(2)23-45-46(8,9)38(4,5)6;1-4-5-6-16-8-9-17(21(23-16)22(25)26-3)18(11-14(2)24)15-7-10-19-20(12-15)28-13-27-19;1-13(12-20-21(6,7)17(2,3)4)10-14-11-15(19-5)8-9-16(14)18/h13-18,21-22,25,33H,10-12,19-20,23-24H2,1-9H3;7-10,12,18H,4-6,11,13H2,1-3H3;8-9,11,13H,10,12H2,1-7H3/t25-,33?;;13-/m0.0/s1. The highest BCUT2D eigenvalue weighted by atomic mass is 79.9. The van der Waals surface area contributed by atoms with E-state index in [1.165, 1.54) is 12.7 Å². The number of ether oxygens (including phenoxy) is 7. The van der Waals surface area contributed by atoms with Crippen LogP contribution in [0.25, 0.3) is 0 Å². The number of methoxy groups -OCH3 is 3. The third-order valence-electron chi connectivity index (χ3n) is 18.5. The number of hydrogen-bond acceptors (Lipinski definition) is 15. The largest absolute Gasteiger partial charge is 0.497 e. The number of carbonyl (C=O) groups excluding carboxylic acids is 4. The van der Waals surface area contributed by atoms with Crippen molar-refractivity contribution in [3.05, 3.63) is 163 Å². The summed E-state index contributed by atoms with van der Waals surface area (Å²) in [7, 11) is 1.10. The van der Waals surface area contributed by atoms with Gasteiger partial charge in [-0.1, -0.05) is 122 Å². The lowest BCUT2D eigenvalue weighted by molar-refractivity contribution is -0.118. The first kappa shape index (κ1) is 77.3. The number of carbonyl (C=O) groups is 4. The molecule has 0 N–H and O–H groups in total. The van der Waals surface area contributed by atoms with E-state index in [0.717, 1.165) is 95.4 Å². The van der Waals surface area contributed by atoms with E-state index in [4.69, 9.17) is 47.0 Å². The second kappa shape index (κ2) is 35.0. The van der Waals surface area contributed by atoms with E-state index in [1.54, 1.807) is 28.1 Å². The average Bonchev–Trinajstić information content (AvgIpc) is 1.48. The predicted octanol–water partition coefficient (Wildman–Crippen LogP) is 18.4. The van der Waals surface area contributed by atoms with Gasteiger partial charge in [0.15, 0.2) is 45.3 Å². The van der Waals surface area contributed by atoms with Gasteiger partial charge in [0, 0.05) is 59.3 Å². The first-order valence-corrected chi connectivity index (χ1v) is 40.1. The molecule has 0 saturated heterocycles. The summed E-state index contributed by atoms with van der Waals surface area (Å²) in [6.45, 7) is 36.3. The van der Waals surface area contributed by atoms with Crippen LogP contribution >= 0.6 is 15.9 Å². The maximum absolute atomic E-state index is 14.7. The lowest BCUT2D eigenvalue weighted by atomic mass is 9.83. The van der Waals surface area contributed by atoms with E-state index in [9.17, 15) is 19.2 Å². The highest BCUT2D eigenvalue weighted by Crippen LogP contribution is 2.43. The van der Waals surface area contributed by atoms with Crippen molar-refractivity contribution in [1.29, 1.82) is 0 Å². The molecule has 6 aromatic rings. The Morgan fingerprint density at radius 3 is 1.40 bits per heavy atom. The molecule has 18 heteroatoms. The van der Waals surface area contributed by atoms with Crippen molar-refractivity contribution in [2.75, 3.05) is 48.1 Å².